The molecule has 0 amide bonds. The lowest BCUT2D eigenvalue weighted by atomic mass is 10.1. The van der Waals surface area contributed by atoms with Crippen molar-refractivity contribution in [3.63, 3.8) is 0 Å². The third-order valence-electron chi connectivity index (χ3n) is 5.31. The van der Waals surface area contributed by atoms with Crippen molar-refractivity contribution in [3.8, 4) is 0 Å². The molecule has 0 aliphatic heterocycles. The first-order valence-corrected chi connectivity index (χ1v) is 9.98. The van der Waals surface area contributed by atoms with Crippen molar-refractivity contribution >= 4 is 67.9 Å². The Morgan fingerprint density at radius 3 is 1.65 bits per heavy atom. The van der Waals surface area contributed by atoms with Crippen molar-refractivity contribution in [3.05, 3.63) is 72.8 Å². The van der Waals surface area contributed by atoms with Gasteiger partial charge >= 0.3 is 0 Å². The second-order valence-corrected chi connectivity index (χ2v) is 7.27. The fourth-order valence-electron chi connectivity index (χ4n) is 3.87. The molecule has 146 valence electrons. The molecule has 6 rings (SSSR count). The lowest BCUT2D eigenvalue weighted by Crippen LogP contribution is -1.97. The first kappa shape index (κ1) is 17.5. The third-order valence-corrected chi connectivity index (χ3v) is 5.31. The van der Waals surface area contributed by atoms with Gasteiger partial charge in [-0.15, -0.1) is 0 Å². The van der Waals surface area contributed by atoms with Crippen LogP contribution in [0.4, 0.5) is 11.4 Å². The minimum Gasteiger partial charge on any atom is -0.260 e. The van der Waals surface area contributed by atoms with E-state index in [4.69, 9.17) is 24.9 Å². The van der Waals surface area contributed by atoms with Gasteiger partial charge in [0.05, 0.1) is 22.1 Å². The minimum atomic E-state index is 0.570. The smallest absolute Gasteiger partial charge is 0.120 e. The van der Waals surface area contributed by atoms with E-state index in [0.717, 1.165) is 34.2 Å². The Kier molecular flexibility index (Phi) is 3.89. The molecule has 0 radical (unpaired) electrons. The number of hydrogen-bond donors (Lipinski definition) is 0. The van der Waals surface area contributed by atoms with Gasteiger partial charge in [0, 0.05) is 12.1 Å². The van der Waals surface area contributed by atoms with Gasteiger partial charge in [0.15, 0.2) is 0 Å². The van der Waals surface area contributed by atoms with Crippen LogP contribution in [0.3, 0.4) is 0 Å². The quantitative estimate of drug-likeness (QED) is 0.213. The molecule has 2 aromatic heterocycles. The van der Waals surface area contributed by atoms with Gasteiger partial charge in [-0.2, -0.15) is 0 Å². The number of hydrogen-bond acceptors (Lipinski definition) is 6. The first-order chi connectivity index (χ1) is 15.3. The maximum atomic E-state index is 4.93. The Morgan fingerprint density at radius 1 is 0.645 bits per heavy atom. The highest BCUT2D eigenvalue weighted by Crippen LogP contribution is 2.42. The summed E-state index contributed by atoms with van der Waals surface area (Å²) in [7, 11) is 0. The number of aromatic nitrogens is 4. The Balaban J connectivity index is 1.83. The maximum Gasteiger partial charge on any atom is 0.120 e. The molecular weight excluding hydrogens is 384 g/mol. The zero-order valence-electron chi connectivity index (χ0n) is 16.5. The van der Waals surface area contributed by atoms with Crippen molar-refractivity contribution in [1.82, 2.24) is 19.9 Å². The molecule has 6 nitrogen and oxygen atoms in total. The lowest BCUT2D eigenvalue weighted by molar-refractivity contribution is 1.33. The number of para-hydroxylation sites is 4. The first-order valence-electron chi connectivity index (χ1n) is 9.98. The Morgan fingerprint density at radius 2 is 1.16 bits per heavy atom. The van der Waals surface area contributed by atoms with Crippen molar-refractivity contribution in [2.24, 2.45) is 9.98 Å². The highest BCUT2D eigenvalue weighted by molar-refractivity contribution is 6.17. The van der Waals surface area contributed by atoms with Crippen LogP contribution in [0, 0.1) is 0 Å². The predicted molar refractivity (Wildman–Crippen MR) is 127 cm³/mol. The number of nitrogens with zero attached hydrogens (tertiary/aromatic N) is 6. The molecule has 1 aliphatic rings. The molecule has 31 heavy (non-hydrogen) atoms. The summed E-state index contributed by atoms with van der Waals surface area (Å²) in [6.07, 6.45) is 8.77. The summed E-state index contributed by atoms with van der Waals surface area (Å²) >= 11 is 0. The molecular formula is C25H16N6. The second kappa shape index (κ2) is 6.88. The summed E-state index contributed by atoms with van der Waals surface area (Å²) in [5.41, 5.74) is 7.85. The van der Waals surface area contributed by atoms with Gasteiger partial charge in [0.1, 0.15) is 33.4 Å². The van der Waals surface area contributed by atoms with Crippen molar-refractivity contribution in [2.75, 3.05) is 0 Å². The molecule has 6 heteroatoms. The van der Waals surface area contributed by atoms with E-state index in [1.807, 2.05) is 66.8 Å². The molecule has 2 heterocycles. The molecule has 0 N–H and O–H groups in total. The standard InChI is InChI=1S/C25H16N6/c1-26-20-21(27-15-9-3-2-4-10-15)23-25(31-19-14-8-7-13-18(19)29-23)24-22(20)28-16-11-5-6-12-17(16)30-24/h2-9,11-14H,1,10H2. The van der Waals surface area contributed by atoms with Crippen molar-refractivity contribution in [1.29, 1.82) is 0 Å². The topological polar surface area (TPSA) is 76.3 Å². The van der Waals surface area contributed by atoms with Crippen LogP contribution in [0.15, 0.2) is 82.8 Å². The highest BCUT2D eigenvalue weighted by Gasteiger charge is 2.20. The molecule has 0 spiro atoms. The zero-order chi connectivity index (χ0) is 20.8. The van der Waals surface area contributed by atoms with E-state index < -0.39 is 0 Å². The van der Waals surface area contributed by atoms with Crippen molar-refractivity contribution < 1.29 is 0 Å². The predicted octanol–water partition coefficient (Wildman–Crippen LogP) is 5.80. The number of rotatable bonds is 2. The van der Waals surface area contributed by atoms with Gasteiger partial charge in [-0.3, -0.25) is 4.99 Å². The monoisotopic (exact) mass is 400 g/mol. The second-order valence-electron chi connectivity index (χ2n) is 7.27. The van der Waals surface area contributed by atoms with Crippen LogP contribution < -0.4 is 0 Å². The molecule has 0 saturated heterocycles. The maximum absolute atomic E-state index is 4.93. The molecule has 0 unspecified atom stereocenters. The van der Waals surface area contributed by atoms with E-state index in [-0.39, 0.29) is 0 Å². The van der Waals surface area contributed by atoms with Crippen LogP contribution in [-0.4, -0.2) is 32.4 Å². The fraction of sp³-hybridized carbons (Fsp3) is 0.0400. The van der Waals surface area contributed by atoms with Gasteiger partial charge in [-0.25, -0.2) is 24.9 Å². The molecule has 0 atom stereocenters. The minimum absolute atomic E-state index is 0.570. The van der Waals surface area contributed by atoms with Crippen LogP contribution in [-0.2, 0) is 0 Å². The molecule has 0 bridgehead atoms. The summed E-state index contributed by atoms with van der Waals surface area (Å²) in [6, 6.07) is 15.6. The number of benzene rings is 3. The summed E-state index contributed by atoms with van der Waals surface area (Å²) in [4.78, 5) is 28.8. The summed E-state index contributed by atoms with van der Waals surface area (Å²) in [5.74, 6) is 0. The molecule has 0 saturated carbocycles. The van der Waals surface area contributed by atoms with Crippen LogP contribution in [0.1, 0.15) is 6.42 Å². The third kappa shape index (κ3) is 2.80. The molecule has 1 aliphatic carbocycles. The van der Waals surface area contributed by atoms with Gasteiger partial charge < -0.3 is 0 Å². The summed E-state index contributed by atoms with van der Waals surface area (Å²) in [6.45, 7) is 3.82. The van der Waals surface area contributed by atoms with Crippen LogP contribution >= 0.6 is 0 Å². The molecule has 3 aromatic carbocycles. The van der Waals surface area contributed by atoms with Crippen LogP contribution in [0.25, 0.3) is 44.1 Å². The summed E-state index contributed by atoms with van der Waals surface area (Å²) in [5, 5.41) is 0. The Bertz CT molecular complexity index is 1630. The van der Waals surface area contributed by atoms with E-state index in [2.05, 4.69) is 17.8 Å². The van der Waals surface area contributed by atoms with Gasteiger partial charge in [0.25, 0.3) is 0 Å². The number of allylic oxidation sites excluding steroid dienone is 4. The molecule has 5 aromatic rings. The van der Waals surface area contributed by atoms with E-state index in [0.29, 0.717) is 33.4 Å². The largest absolute Gasteiger partial charge is 0.260 e. The van der Waals surface area contributed by atoms with Crippen molar-refractivity contribution in [2.45, 2.75) is 6.42 Å². The Labute approximate surface area is 177 Å². The van der Waals surface area contributed by atoms with E-state index in [1.165, 1.54) is 0 Å². The molecule has 0 fully saturated rings. The van der Waals surface area contributed by atoms with Gasteiger partial charge in [-0.05, 0) is 37.1 Å². The summed E-state index contributed by atoms with van der Waals surface area (Å²) < 4.78 is 0. The van der Waals surface area contributed by atoms with Crippen LogP contribution in [0.5, 0.6) is 0 Å². The average Bonchev–Trinajstić information content (AvgIpc) is 2.83. The van der Waals surface area contributed by atoms with Gasteiger partial charge in [-0.1, -0.05) is 42.5 Å². The van der Waals surface area contributed by atoms with E-state index in [9.17, 15) is 0 Å². The SMILES string of the molecule is C=Nc1c(N=C2C=CC=CC2)c2nc3ccccc3nc2c2nc3ccccc3nc12. The van der Waals surface area contributed by atoms with Gasteiger partial charge in [0.2, 0.25) is 0 Å². The number of fused-ring (bicyclic) bond motifs is 5. The average molecular weight is 400 g/mol. The lowest BCUT2D eigenvalue weighted by Gasteiger charge is -2.12. The zero-order valence-corrected chi connectivity index (χ0v) is 16.5. The highest BCUT2D eigenvalue weighted by atomic mass is 14.9. The normalized spacial score (nSPS) is 14.9. The van der Waals surface area contributed by atoms with E-state index in [1.54, 1.807) is 0 Å². The fourth-order valence-corrected chi connectivity index (χ4v) is 3.87. The Hall–Kier alpha value is -4.32. The van der Waals surface area contributed by atoms with Crippen LogP contribution in [0.2, 0.25) is 0 Å². The van der Waals surface area contributed by atoms with E-state index >= 15 is 0 Å². The number of aliphatic imine (C=N–C) groups is 2.